The van der Waals surface area contributed by atoms with Crippen LogP contribution in [0.4, 0.5) is 5.69 Å². The summed E-state index contributed by atoms with van der Waals surface area (Å²) in [5.74, 6) is 1.19. The van der Waals surface area contributed by atoms with Gasteiger partial charge in [0.2, 0.25) is 5.91 Å². The van der Waals surface area contributed by atoms with Crippen molar-refractivity contribution < 1.29 is 19.4 Å². The van der Waals surface area contributed by atoms with E-state index in [4.69, 9.17) is 9.47 Å². The van der Waals surface area contributed by atoms with E-state index in [0.717, 1.165) is 67.9 Å². The third kappa shape index (κ3) is 8.37. The highest BCUT2D eigenvalue weighted by molar-refractivity contribution is 6.91. The van der Waals surface area contributed by atoms with E-state index in [1.165, 1.54) is 10.8 Å². The summed E-state index contributed by atoms with van der Waals surface area (Å²) in [6, 6.07) is 27.0. The molecule has 10 heteroatoms. The molecule has 2 fully saturated rings. The molecule has 1 amide bonds. The number of carbonyl (C=O) groups excluding carboxylic acids is 1. The molecular formula is C40H53N5O4Si. The molecule has 6 atom stereocenters. The van der Waals surface area contributed by atoms with Crippen molar-refractivity contribution in [3.8, 4) is 5.75 Å². The standard InChI is InChI=1S/C40H53N5O4Si/c1-28-37(21-14-29-12-15-32(16-13-29)42-40(47)31-11-8-23-41-25-31)49-38(39(28)50(3,4)34-19-17-33(48-2)18-20-34)22-24-45-26-36(43-44-45)35(27-46)30-9-6-5-7-10-30/h5-7,9-10,12-13,15-20,26,28,31,35,37-39,41,46H,8,11,14,21-25,27H2,1-4H3,(H,42,47)/t28-,31?,35?,37+,38-,39+/m1/s1. The Labute approximate surface area is 297 Å². The number of amides is 1. The summed E-state index contributed by atoms with van der Waals surface area (Å²) in [5, 5.41) is 27.0. The predicted octanol–water partition coefficient (Wildman–Crippen LogP) is 5.76. The van der Waals surface area contributed by atoms with Crippen molar-refractivity contribution in [2.24, 2.45) is 11.8 Å². The average molecular weight is 696 g/mol. The zero-order valence-corrected chi connectivity index (χ0v) is 30.9. The predicted molar refractivity (Wildman–Crippen MR) is 201 cm³/mol. The fourth-order valence-corrected chi connectivity index (χ4v) is 12.3. The number of benzene rings is 3. The highest BCUT2D eigenvalue weighted by Crippen LogP contribution is 2.46. The lowest BCUT2D eigenvalue weighted by Gasteiger charge is -2.36. The summed E-state index contributed by atoms with van der Waals surface area (Å²) in [6.07, 6.45) is 6.86. The van der Waals surface area contributed by atoms with Crippen LogP contribution in [0.1, 0.15) is 55.3 Å². The Balaban J connectivity index is 1.13. The summed E-state index contributed by atoms with van der Waals surface area (Å²) < 4.78 is 14.4. The fourth-order valence-electron chi connectivity index (χ4n) is 8.20. The minimum absolute atomic E-state index is 0.0209. The highest BCUT2D eigenvalue weighted by Gasteiger charge is 2.50. The van der Waals surface area contributed by atoms with E-state index in [1.54, 1.807) is 7.11 Å². The number of hydrogen-bond acceptors (Lipinski definition) is 7. The molecule has 0 radical (unpaired) electrons. The first-order valence-corrected chi connectivity index (χ1v) is 21.3. The molecule has 2 unspecified atom stereocenters. The number of carbonyl (C=O) groups is 1. The molecule has 4 aromatic rings. The van der Waals surface area contributed by atoms with Crippen molar-refractivity contribution in [3.05, 3.63) is 102 Å². The first-order chi connectivity index (χ1) is 24.3. The lowest BCUT2D eigenvalue weighted by molar-refractivity contribution is -0.120. The number of anilines is 1. The van der Waals surface area contributed by atoms with Crippen molar-refractivity contribution >= 4 is 24.9 Å². The van der Waals surface area contributed by atoms with Crippen LogP contribution >= 0.6 is 0 Å². The van der Waals surface area contributed by atoms with Crippen LogP contribution in [-0.2, 0) is 22.5 Å². The molecule has 3 aromatic carbocycles. The smallest absolute Gasteiger partial charge is 0.228 e. The Morgan fingerprint density at radius 2 is 1.82 bits per heavy atom. The van der Waals surface area contributed by atoms with Gasteiger partial charge in [-0.2, -0.15) is 0 Å². The minimum Gasteiger partial charge on any atom is -0.497 e. The second kappa shape index (κ2) is 16.5. The number of aliphatic hydroxyl groups is 1. The summed E-state index contributed by atoms with van der Waals surface area (Å²) in [6.45, 7) is 9.75. The summed E-state index contributed by atoms with van der Waals surface area (Å²) >= 11 is 0. The van der Waals surface area contributed by atoms with Gasteiger partial charge in [0.25, 0.3) is 0 Å². The van der Waals surface area contributed by atoms with Gasteiger partial charge >= 0.3 is 0 Å². The van der Waals surface area contributed by atoms with E-state index in [-0.39, 0.29) is 36.6 Å². The molecule has 0 spiro atoms. The van der Waals surface area contributed by atoms with Crippen molar-refractivity contribution in [3.63, 3.8) is 0 Å². The maximum Gasteiger partial charge on any atom is 0.228 e. The second-order valence-corrected chi connectivity index (χ2v) is 19.3. The lowest BCUT2D eigenvalue weighted by atomic mass is 9.95. The largest absolute Gasteiger partial charge is 0.497 e. The molecule has 1 aromatic heterocycles. The minimum atomic E-state index is -2.00. The quantitative estimate of drug-likeness (QED) is 0.144. The SMILES string of the molecule is COc1ccc([Si](C)(C)[C@H]2[C@H](C)[C@H](CCc3ccc(NC(=O)C4CCCNC4)cc3)O[C@@H]2CCn2cc(C(CO)c3ccccc3)nn2)cc1. The number of nitrogens with one attached hydrogen (secondary N) is 2. The van der Waals surface area contributed by atoms with Crippen molar-refractivity contribution in [1.82, 2.24) is 20.3 Å². The third-order valence-corrected chi connectivity index (χ3v) is 15.5. The van der Waals surface area contributed by atoms with Crippen LogP contribution in [-0.4, -0.2) is 73.1 Å². The number of hydrogen-bond donors (Lipinski definition) is 3. The molecule has 50 heavy (non-hydrogen) atoms. The van der Waals surface area contributed by atoms with Crippen molar-refractivity contribution in [2.45, 2.75) is 82.3 Å². The van der Waals surface area contributed by atoms with Gasteiger partial charge in [0, 0.05) is 25.0 Å². The maximum absolute atomic E-state index is 12.7. The van der Waals surface area contributed by atoms with Gasteiger partial charge in [-0.15, -0.1) is 5.10 Å². The van der Waals surface area contributed by atoms with Crippen LogP contribution in [0.5, 0.6) is 5.75 Å². The zero-order chi connectivity index (χ0) is 35.1. The molecule has 0 bridgehead atoms. The third-order valence-electron chi connectivity index (χ3n) is 11.1. The van der Waals surface area contributed by atoms with Crippen LogP contribution < -0.4 is 20.6 Å². The molecular weight excluding hydrogens is 643 g/mol. The molecule has 266 valence electrons. The number of methoxy groups -OCH3 is 1. The molecule has 3 heterocycles. The van der Waals surface area contributed by atoms with Crippen LogP contribution in [0.3, 0.4) is 0 Å². The topological polar surface area (TPSA) is 111 Å². The Morgan fingerprint density at radius 3 is 2.50 bits per heavy atom. The van der Waals surface area contributed by atoms with E-state index in [9.17, 15) is 9.90 Å². The Bertz CT molecular complexity index is 1660. The summed E-state index contributed by atoms with van der Waals surface area (Å²) in [5.41, 5.74) is 4.31. The van der Waals surface area contributed by atoms with E-state index < -0.39 is 8.07 Å². The first-order valence-electron chi connectivity index (χ1n) is 18.2. The van der Waals surface area contributed by atoms with E-state index >= 15 is 0 Å². The number of rotatable bonds is 14. The van der Waals surface area contributed by atoms with Crippen molar-refractivity contribution in [2.75, 3.05) is 32.1 Å². The zero-order valence-electron chi connectivity index (χ0n) is 29.9. The maximum atomic E-state index is 12.7. The number of aromatic nitrogens is 3. The molecule has 2 aliphatic rings. The van der Waals surface area contributed by atoms with E-state index in [0.29, 0.717) is 18.0 Å². The molecule has 2 aliphatic heterocycles. The number of ether oxygens (including phenoxy) is 2. The lowest BCUT2D eigenvalue weighted by Crippen LogP contribution is -2.50. The molecule has 0 aliphatic carbocycles. The molecule has 6 rings (SSSR count). The number of nitrogens with zero attached hydrogens (tertiary/aromatic N) is 3. The van der Waals surface area contributed by atoms with Gasteiger partial charge in [-0.1, -0.05) is 85.0 Å². The Kier molecular flexibility index (Phi) is 11.8. The van der Waals surface area contributed by atoms with Crippen LogP contribution in [0, 0.1) is 11.8 Å². The van der Waals surface area contributed by atoms with Crippen molar-refractivity contribution in [1.29, 1.82) is 0 Å². The normalized spacial score (nSPS) is 23.0. The van der Waals surface area contributed by atoms with Gasteiger partial charge in [0.15, 0.2) is 0 Å². The number of aliphatic hydroxyl groups excluding tert-OH is 1. The highest BCUT2D eigenvalue weighted by atomic mass is 28.3. The molecule has 3 N–H and O–H groups in total. The van der Waals surface area contributed by atoms with Crippen LogP contribution in [0.2, 0.25) is 18.6 Å². The fraction of sp³-hybridized carbons (Fsp3) is 0.475. The molecule has 0 saturated carbocycles. The first kappa shape index (κ1) is 36.0. The average Bonchev–Trinajstić information content (AvgIpc) is 3.75. The van der Waals surface area contributed by atoms with Gasteiger partial charge in [0.05, 0.1) is 51.5 Å². The van der Waals surface area contributed by atoms with E-state index in [1.807, 2.05) is 53.3 Å². The molecule has 9 nitrogen and oxygen atoms in total. The summed E-state index contributed by atoms with van der Waals surface area (Å²) in [4.78, 5) is 12.7. The van der Waals surface area contributed by atoms with Gasteiger partial charge in [-0.25, -0.2) is 0 Å². The second-order valence-electron chi connectivity index (χ2n) is 14.7. The van der Waals surface area contributed by atoms with Crippen LogP contribution in [0.25, 0.3) is 0 Å². The van der Waals surface area contributed by atoms with Gasteiger partial charge in [0.1, 0.15) is 5.75 Å². The van der Waals surface area contributed by atoms with Gasteiger partial charge in [-0.05, 0) is 85.5 Å². The summed E-state index contributed by atoms with van der Waals surface area (Å²) in [7, 11) is -0.290. The monoisotopic (exact) mass is 695 g/mol. The number of piperidine rings is 1. The van der Waals surface area contributed by atoms with Gasteiger partial charge in [-0.3, -0.25) is 9.48 Å². The number of aryl methyl sites for hydroxylation is 2. The van der Waals surface area contributed by atoms with Crippen LogP contribution in [0.15, 0.2) is 85.1 Å². The van der Waals surface area contributed by atoms with Gasteiger partial charge < -0.3 is 25.2 Å². The molecule has 2 saturated heterocycles. The Morgan fingerprint density at radius 1 is 1.06 bits per heavy atom. The Hall–Kier alpha value is -3.83. The van der Waals surface area contributed by atoms with E-state index in [2.05, 4.69) is 77.4 Å².